The zero-order valence-corrected chi connectivity index (χ0v) is 10.6. The predicted octanol–water partition coefficient (Wildman–Crippen LogP) is 2.00. The van der Waals surface area contributed by atoms with Crippen LogP contribution >= 0.6 is 11.8 Å². The molecule has 0 aromatic heterocycles. The molecular weight excluding hydrogens is 212 g/mol. The topological polar surface area (TPSA) is 41.9 Å². The van der Waals surface area contributed by atoms with Crippen molar-refractivity contribution in [1.29, 1.82) is 0 Å². The van der Waals surface area contributed by atoms with Crippen LogP contribution in [0.3, 0.4) is 0 Å². The van der Waals surface area contributed by atoms with Gasteiger partial charge in [-0.3, -0.25) is 9.89 Å². The van der Waals surface area contributed by atoms with E-state index >= 15 is 0 Å². The summed E-state index contributed by atoms with van der Waals surface area (Å²) in [5.41, 5.74) is -0.425. The van der Waals surface area contributed by atoms with Gasteiger partial charge in [0.25, 0.3) is 0 Å². The maximum Gasteiger partial charge on any atom is 0.410 e. The van der Waals surface area contributed by atoms with Gasteiger partial charge in [0, 0.05) is 6.54 Å². The van der Waals surface area contributed by atoms with Gasteiger partial charge in [-0.2, -0.15) is 0 Å². The van der Waals surface area contributed by atoms with Crippen LogP contribution in [-0.4, -0.2) is 47.5 Å². The highest BCUT2D eigenvalue weighted by Crippen LogP contribution is 2.13. The number of amides is 1. The van der Waals surface area contributed by atoms with Gasteiger partial charge in [0.05, 0.1) is 18.1 Å². The molecule has 0 saturated carbocycles. The number of carbonyl (C=O) groups is 1. The van der Waals surface area contributed by atoms with Crippen molar-refractivity contribution in [3.05, 3.63) is 0 Å². The van der Waals surface area contributed by atoms with Crippen molar-refractivity contribution in [2.45, 2.75) is 26.4 Å². The van der Waals surface area contributed by atoms with Crippen molar-refractivity contribution in [1.82, 2.24) is 4.90 Å². The number of nitrogens with zero attached hydrogens (tertiary/aromatic N) is 2. The summed E-state index contributed by atoms with van der Waals surface area (Å²) >= 11 is 1.59. The zero-order chi connectivity index (χ0) is 11.5. The highest BCUT2D eigenvalue weighted by molar-refractivity contribution is 8.13. The second kappa shape index (κ2) is 4.88. The lowest BCUT2D eigenvalue weighted by Crippen LogP contribution is -2.42. The lowest BCUT2D eigenvalue weighted by molar-refractivity contribution is 0.0279. The van der Waals surface area contributed by atoms with Gasteiger partial charge in [-0.25, -0.2) is 4.79 Å². The minimum absolute atomic E-state index is 0.246. The van der Waals surface area contributed by atoms with Crippen LogP contribution in [-0.2, 0) is 4.74 Å². The Bertz CT molecular complexity index is 271. The first-order valence-corrected chi connectivity index (χ1v) is 6.20. The second-order valence-corrected chi connectivity index (χ2v) is 5.26. The van der Waals surface area contributed by atoms with Gasteiger partial charge in [0.1, 0.15) is 5.60 Å². The number of carbonyl (C=O) groups excluding carboxylic acids is 1. The second-order valence-electron chi connectivity index (χ2n) is 4.38. The minimum atomic E-state index is -0.425. The van der Waals surface area contributed by atoms with E-state index in [1.807, 2.05) is 27.0 Å². The Morgan fingerprint density at radius 1 is 1.53 bits per heavy atom. The van der Waals surface area contributed by atoms with Gasteiger partial charge in [-0.1, -0.05) is 0 Å². The Hall–Kier alpha value is -0.710. The molecule has 0 spiro atoms. The monoisotopic (exact) mass is 230 g/mol. The first-order valence-electron chi connectivity index (χ1n) is 4.97. The minimum Gasteiger partial charge on any atom is -0.444 e. The Balaban J connectivity index is 2.52. The van der Waals surface area contributed by atoms with E-state index in [4.69, 9.17) is 4.74 Å². The van der Waals surface area contributed by atoms with Crippen LogP contribution in [0, 0.1) is 0 Å². The third-order valence-electron chi connectivity index (χ3n) is 1.87. The Morgan fingerprint density at radius 2 is 2.20 bits per heavy atom. The summed E-state index contributed by atoms with van der Waals surface area (Å²) in [4.78, 5) is 17.7. The standard InChI is InChI=1S/C10H18N2O2S/c1-10(2,3)14-9(13)12-6-5-11-8(7-12)15-4/h5-7H2,1-4H3. The van der Waals surface area contributed by atoms with E-state index in [1.165, 1.54) is 0 Å². The van der Waals surface area contributed by atoms with Gasteiger partial charge in [-0.15, -0.1) is 11.8 Å². The molecule has 1 aliphatic rings. The Labute approximate surface area is 95.1 Å². The number of ether oxygens (including phenoxy) is 1. The van der Waals surface area contributed by atoms with E-state index in [-0.39, 0.29) is 6.09 Å². The fraction of sp³-hybridized carbons (Fsp3) is 0.800. The molecule has 0 radical (unpaired) electrons. The molecule has 0 bridgehead atoms. The molecule has 1 aliphatic heterocycles. The van der Waals surface area contributed by atoms with Crippen LogP contribution in [0.25, 0.3) is 0 Å². The number of aliphatic imine (C=N–C) groups is 1. The van der Waals surface area contributed by atoms with Crippen molar-refractivity contribution in [2.75, 3.05) is 25.9 Å². The van der Waals surface area contributed by atoms with E-state index in [0.717, 1.165) is 5.04 Å². The zero-order valence-electron chi connectivity index (χ0n) is 9.74. The Kier molecular flexibility index (Phi) is 4.02. The van der Waals surface area contributed by atoms with Crippen molar-refractivity contribution in [2.24, 2.45) is 4.99 Å². The molecule has 0 fully saturated rings. The fourth-order valence-electron chi connectivity index (χ4n) is 1.20. The van der Waals surface area contributed by atoms with Crippen LogP contribution in [0.2, 0.25) is 0 Å². The molecule has 0 unspecified atom stereocenters. The van der Waals surface area contributed by atoms with Gasteiger partial charge < -0.3 is 4.74 Å². The molecule has 1 heterocycles. The van der Waals surface area contributed by atoms with Crippen LogP contribution in [0.4, 0.5) is 4.79 Å². The van der Waals surface area contributed by atoms with Crippen LogP contribution < -0.4 is 0 Å². The maximum atomic E-state index is 11.7. The van der Waals surface area contributed by atoms with Crippen molar-refractivity contribution in [3.8, 4) is 0 Å². The normalized spacial score (nSPS) is 17.3. The van der Waals surface area contributed by atoms with E-state index in [1.54, 1.807) is 16.7 Å². The van der Waals surface area contributed by atoms with Crippen LogP contribution in [0.1, 0.15) is 20.8 Å². The summed E-state index contributed by atoms with van der Waals surface area (Å²) in [6, 6.07) is 0. The number of rotatable bonds is 0. The quantitative estimate of drug-likeness (QED) is 0.639. The average molecular weight is 230 g/mol. The molecule has 0 saturated heterocycles. The van der Waals surface area contributed by atoms with Crippen LogP contribution in [0.15, 0.2) is 4.99 Å². The molecule has 0 aromatic carbocycles. The van der Waals surface area contributed by atoms with Gasteiger partial charge in [-0.05, 0) is 27.0 Å². The molecule has 0 N–H and O–H groups in total. The van der Waals surface area contributed by atoms with Gasteiger partial charge >= 0.3 is 6.09 Å². The third kappa shape index (κ3) is 4.11. The summed E-state index contributed by atoms with van der Waals surface area (Å²) in [7, 11) is 0. The summed E-state index contributed by atoms with van der Waals surface area (Å²) in [6.07, 6.45) is 1.72. The molecular formula is C10H18N2O2S. The Morgan fingerprint density at radius 3 is 2.73 bits per heavy atom. The molecule has 15 heavy (non-hydrogen) atoms. The van der Waals surface area contributed by atoms with E-state index in [0.29, 0.717) is 19.6 Å². The molecule has 1 amide bonds. The first-order chi connectivity index (χ1) is 6.92. The predicted molar refractivity (Wildman–Crippen MR) is 63.6 cm³/mol. The summed E-state index contributed by atoms with van der Waals surface area (Å²) in [6.45, 7) is 7.53. The third-order valence-corrected chi connectivity index (χ3v) is 2.60. The molecule has 0 aliphatic carbocycles. The maximum absolute atomic E-state index is 11.7. The SMILES string of the molecule is CSC1=NCCN(C(=O)OC(C)(C)C)C1. The molecule has 86 valence electrons. The molecule has 5 heteroatoms. The fourth-order valence-corrected chi connectivity index (χ4v) is 1.70. The lowest BCUT2D eigenvalue weighted by Gasteiger charge is -2.29. The van der Waals surface area contributed by atoms with E-state index in [9.17, 15) is 4.79 Å². The number of thioether (sulfide) groups is 1. The number of hydrogen-bond acceptors (Lipinski definition) is 4. The molecule has 0 aromatic rings. The lowest BCUT2D eigenvalue weighted by atomic mass is 10.2. The largest absolute Gasteiger partial charge is 0.444 e. The number of hydrogen-bond donors (Lipinski definition) is 0. The van der Waals surface area contributed by atoms with Crippen LogP contribution in [0.5, 0.6) is 0 Å². The molecule has 0 atom stereocenters. The van der Waals surface area contributed by atoms with E-state index in [2.05, 4.69) is 4.99 Å². The smallest absolute Gasteiger partial charge is 0.410 e. The van der Waals surface area contributed by atoms with E-state index < -0.39 is 5.60 Å². The van der Waals surface area contributed by atoms with Crippen molar-refractivity contribution in [3.63, 3.8) is 0 Å². The summed E-state index contributed by atoms with van der Waals surface area (Å²) in [5, 5.41) is 0.993. The van der Waals surface area contributed by atoms with Gasteiger partial charge in [0.15, 0.2) is 0 Å². The first kappa shape index (κ1) is 12.4. The summed E-state index contributed by atoms with van der Waals surface area (Å²) in [5.74, 6) is 0. The van der Waals surface area contributed by atoms with Gasteiger partial charge in [0.2, 0.25) is 0 Å². The molecule has 1 rings (SSSR count). The average Bonchev–Trinajstić information content (AvgIpc) is 2.15. The highest BCUT2D eigenvalue weighted by atomic mass is 32.2. The highest BCUT2D eigenvalue weighted by Gasteiger charge is 2.24. The van der Waals surface area contributed by atoms with Crippen molar-refractivity contribution < 1.29 is 9.53 Å². The van der Waals surface area contributed by atoms with Crippen molar-refractivity contribution >= 4 is 22.9 Å². The summed E-state index contributed by atoms with van der Waals surface area (Å²) < 4.78 is 5.29. The molecule has 4 nitrogen and oxygen atoms in total.